The zero-order valence-corrected chi connectivity index (χ0v) is 12.8. The number of hydrogen-bond acceptors (Lipinski definition) is 1. The smallest absolute Gasteiger partial charge is 0.0348 e. The van der Waals surface area contributed by atoms with E-state index in [0.717, 1.165) is 18.4 Å². The van der Waals surface area contributed by atoms with Gasteiger partial charge < -0.3 is 5.32 Å². The number of rotatable bonds is 8. The Bertz CT molecular complexity index is 381. The van der Waals surface area contributed by atoms with Gasteiger partial charge in [-0.1, -0.05) is 51.5 Å². The van der Waals surface area contributed by atoms with E-state index in [0.29, 0.717) is 6.04 Å². The van der Waals surface area contributed by atoms with Gasteiger partial charge >= 0.3 is 0 Å². The minimum absolute atomic E-state index is 0.546. The molecule has 0 amide bonds. The van der Waals surface area contributed by atoms with Crippen LogP contribution in [0.2, 0.25) is 0 Å². The highest BCUT2D eigenvalue weighted by Gasteiger charge is 2.33. The van der Waals surface area contributed by atoms with Crippen molar-refractivity contribution in [1.29, 1.82) is 0 Å². The average Bonchev–Trinajstić information content (AvgIpc) is 3.24. The van der Waals surface area contributed by atoms with Crippen LogP contribution in [0, 0.1) is 11.8 Å². The van der Waals surface area contributed by atoms with Gasteiger partial charge in [0.2, 0.25) is 0 Å². The summed E-state index contributed by atoms with van der Waals surface area (Å²) < 4.78 is 0. The van der Waals surface area contributed by atoms with E-state index in [1.165, 1.54) is 43.2 Å². The lowest BCUT2D eigenvalue weighted by atomic mass is 9.89. The highest BCUT2D eigenvalue weighted by molar-refractivity contribution is 5.27. The lowest BCUT2D eigenvalue weighted by Gasteiger charge is -2.26. The number of aryl methyl sites for hydroxylation is 1. The lowest BCUT2D eigenvalue weighted by Crippen LogP contribution is -2.28. The summed E-state index contributed by atoms with van der Waals surface area (Å²) in [4.78, 5) is 0. The van der Waals surface area contributed by atoms with Crippen molar-refractivity contribution in [2.45, 2.75) is 58.9 Å². The van der Waals surface area contributed by atoms with Crippen molar-refractivity contribution in [3.8, 4) is 0 Å². The van der Waals surface area contributed by atoms with E-state index in [1.807, 2.05) is 0 Å². The largest absolute Gasteiger partial charge is 0.310 e. The first-order chi connectivity index (χ1) is 9.26. The molecular formula is C18H29N. The Morgan fingerprint density at radius 2 is 2.00 bits per heavy atom. The Hall–Kier alpha value is -0.820. The molecule has 0 aliphatic heterocycles. The van der Waals surface area contributed by atoms with Gasteiger partial charge in [-0.2, -0.15) is 0 Å². The van der Waals surface area contributed by atoms with Crippen LogP contribution in [0.5, 0.6) is 0 Å². The third-order valence-electron chi connectivity index (χ3n) is 4.35. The molecule has 2 unspecified atom stereocenters. The lowest BCUT2D eigenvalue weighted by molar-refractivity contribution is 0.349. The van der Waals surface area contributed by atoms with Crippen molar-refractivity contribution in [2.24, 2.45) is 11.8 Å². The van der Waals surface area contributed by atoms with Crippen LogP contribution in [0.3, 0.4) is 0 Å². The van der Waals surface area contributed by atoms with Crippen molar-refractivity contribution < 1.29 is 0 Å². The first-order valence-corrected chi connectivity index (χ1v) is 8.08. The fraction of sp³-hybridized carbons (Fsp3) is 0.667. The molecule has 0 bridgehead atoms. The van der Waals surface area contributed by atoms with Crippen LogP contribution in [-0.4, -0.2) is 6.54 Å². The minimum atomic E-state index is 0.546. The molecule has 0 aromatic heterocycles. The molecule has 19 heavy (non-hydrogen) atoms. The highest BCUT2D eigenvalue weighted by atomic mass is 14.9. The van der Waals surface area contributed by atoms with Crippen molar-refractivity contribution >= 4 is 0 Å². The van der Waals surface area contributed by atoms with E-state index in [-0.39, 0.29) is 0 Å². The summed E-state index contributed by atoms with van der Waals surface area (Å²) in [6, 6.07) is 9.79. The van der Waals surface area contributed by atoms with Gasteiger partial charge in [-0.25, -0.2) is 0 Å². The van der Waals surface area contributed by atoms with E-state index >= 15 is 0 Å². The highest BCUT2D eigenvalue weighted by Crippen LogP contribution is 2.42. The molecule has 1 saturated carbocycles. The average molecular weight is 259 g/mol. The van der Waals surface area contributed by atoms with E-state index < -0.39 is 0 Å². The summed E-state index contributed by atoms with van der Waals surface area (Å²) in [5.74, 6) is 1.72. The Morgan fingerprint density at radius 3 is 2.63 bits per heavy atom. The summed E-state index contributed by atoms with van der Waals surface area (Å²) >= 11 is 0. The predicted octanol–water partition coefficient (Wildman–Crippen LogP) is 4.73. The maximum absolute atomic E-state index is 3.78. The normalized spacial score (nSPS) is 18.3. The molecule has 0 radical (unpaired) electrons. The molecule has 1 N–H and O–H groups in total. The van der Waals surface area contributed by atoms with E-state index in [4.69, 9.17) is 0 Å². The van der Waals surface area contributed by atoms with Gasteiger partial charge in [0.05, 0.1) is 0 Å². The van der Waals surface area contributed by atoms with E-state index in [9.17, 15) is 0 Å². The van der Waals surface area contributed by atoms with Gasteiger partial charge in [-0.05, 0) is 55.2 Å². The molecule has 1 aliphatic rings. The molecule has 1 heteroatoms. The third-order valence-corrected chi connectivity index (χ3v) is 4.35. The molecule has 1 nitrogen and oxygen atoms in total. The Labute approximate surface area is 118 Å². The van der Waals surface area contributed by atoms with Crippen molar-refractivity contribution in [2.75, 3.05) is 6.54 Å². The number of hydrogen-bond donors (Lipinski definition) is 1. The molecule has 0 heterocycles. The number of nitrogens with one attached hydrogen (secondary N) is 1. The second-order valence-electron chi connectivity index (χ2n) is 6.12. The van der Waals surface area contributed by atoms with Crippen LogP contribution < -0.4 is 5.32 Å². The standard InChI is InChI=1S/C18H29N/c1-4-7-15-8-6-9-17(13-15)18(19-12-5-2)14(3)16-10-11-16/h6,8-9,13-14,16,18-19H,4-5,7,10-12H2,1-3H3. The molecular weight excluding hydrogens is 230 g/mol. The third kappa shape index (κ3) is 4.07. The molecule has 1 aromatic carbocycles. The van der Waals surface area contributed by atoms with Gasteiger partial charge in [0.1, 0.15) is 0 Å². The Morgan fingerprint density at radius 1 is 1.21 bits per heavy atom. The summed E-state index contributed by atoms with van der Waals surface area (Å²) in [6.45, 7) is 8.06. The summed E-state index contributed by atoms with van der Waals surface area (Å²) in [6.07, 6.45) is 6.50. The minimum Gasteiger partial charge on any atom is -0.310 e. The maximum atomic E-state index is 3.78. The van der Waals surface area contributed by atoms with Crippen LogP contribution >= 0.6 is 0 Å². The molecule has 0 spiro atoms. The molecule has 1 aliphatic carbocycles. The SMILES string of the molecule is CCCNC(c1cccc(CCC)c1)C(C)C1CC1. The molecule has 106 valence electrons. The second-order valence-corrected chi connectivity index (χ2v) is 6.12. The predicted molar refractivity (Wildman–Crippen MR) is 83.4 cm³/mol. The molecule has 2 rings (SSSR count). The maximum Gasteiger partial charge on any atom is 0.0348 e. The second kappa shape index (κ2) is 7.09. The summed E-state index contributed by atoms with van der Waals surface area (Å²) in [7, 11) is 0. The molecule has 1 aromatic rings. The van der Waals surface area contributed by atoms with Crippen molar-refractivity contribution in [3.05, 3.63) is 35.4 Å². The van der Waals surface area contributed by atoms with Gasteiger partial charge in [0.25, 0.3) is 0 Å². The van der Waals surface area contributed by atoms with Crippen LogP contribution in [0.25, 0.3) is 0 Å². The first-order valence-electron chi connectivity index (χ1n) is 8.08. The zero-order chi connectivity index (χ0) is 13.7. The van der Waals surface area contributed by atoms with Crippen LogP contribution in [-0.2, 0) is 6.42 Å². The van der Waals surface area contributed by atoms with Crippen LogP contribution in [0.4, 0.5) is 0 Å². The zero-order valence-electron chi connectivity index (χ0n) is 12.8. The van der Waals surface area contributed by atoms with Gasteiger partial charge in [-0.3, -0.25) is 0 Å². The van der Waals surface area contributed by atoms with Crippen LogP contribution in [0.15, 0.2) is 24.3 Å². The van der Waals surface area contributed by atoms with Crippen molar-refractivity contribution in [1.82, 2.24) is 5.32 Å². The molecule has 0 saturated heterocycles. The number of benzene rings is 1. The van der Waals surface area contributed by atoms with Crippen molar-refractivity contribution in [3.63, 3.8) is 0 Å². The topological polar surface area (TPSA) is 12.0 Å². The molecule has 2 atom stereocenters. The Kier molecular flexibility index (Phi) is 5.45. The van der Waals surface area contributed by atoms with Gasteiger partial charge in [0, 0.05) is 6.04 Å². The quantitative estimate of drug-likeness (QED) is 0.712. The van der Waals surface area contributed by atoms with Gasteiger partial charge in [-0.15, -0.1) is 0 Å². The Balaban J connectivity index is 2.13. The molecule has 1 fully saturated rings. The fourth-order valence-corrected chi connectivity index (χ4v) is 3.03. The van der Waals surface area contributed by atoms with E-state index in [2.05, 4.69) is 50.4 Å². The summed E-state index contributed by atoms with van der Waals surface area (Å²) in [5.41, 5.74) is 2.99. The van der Waals surface area contributed by atoms with Gasteiger partial charge in [0.15, 0.2) is 0 Å². The monoisotopic (exact) mass is 259 g/mol. The van der Waals surface area contributed by atoms with E-state index in [1.54, 1.807) is 0 Å². The summed E-state index contributed by atoms with van der Waals surface area (Å²) in [5, 5.41) is 3.78. The van der Waals surface area contributed by atoms with Crippen LogP contribution in [0.1, 0.15) is 63.6 Å². The first kappa shape index (κ1) is 14.6. The fourth-order valence-electron chi connectivity index (χ4n) is 3.03.